The van der Waals surface area contributed by atoms with Gasteiger partial charge in [-0.25, -0.2) is 0 Å². The fourth-order valence-corrected chi connectivity index (χ4v) is 1.89. The Morgan fingerprint density at radius 1 is 1.53 bits per heavy atom. The highest BCUT2D eigenvalue weighted by molar-refractivity contribution is 6.07. The topological polar surface area (TPSA) is 35.5 Å². The van der Waals surface area contributed by atoms with E-state index in [4.69, 9.17) is 9.47 Å². The summed E-state index contributed by atoms with van der Waals surface area (Å²) >= 11 is 0. The first-order valence-electron chi connectivity index (χ1n) is 4.99. The van der Waals surface area contributed by atoms with Crippen molar-refractivity contribution >= 4 is 5.78 Å². The van der Waals surface area contributed by atoms with Crippen LogP contribution in [0.1, 0.15) is 20.3 Å². The molecule has 0 unspecified atom stereocenters. The summed E-state index contributed by atoms with van der Waals surface area (Å²) in [7, 11) is 1.57. The molecule has 0 N–H and O–H groups in total. The maximum atomic E-state index is 11.6. The highest BCUT2D eigenvalue weighted by Gasteiger charge is 2.28. The predicted octanol–water partition coefficient (Wildman–Crippen LogP) is 2.11. The number of allylic oxidation sites excluding steroid dienone is 3. The summed E-state index contributed by atoms with van der Waals surface area (Å²) in [6.45, 7) is 3.84. The normalized spacial score (nSPS) is 25.3. The molecule has 3 nitrogen and oxygen atoms in total. The van der Waals surface area contributed by atoms with Gasteiger partial charge in [0.05, 0.1) is 25.0 Å². The average Bonchev–Trinajstić information content (AvgIpc) is 2.23. The SMILES string of the molecule is COC1=CC(=O)C(C)=C2C[C@H](C)OC=C12. The summed E-state index contributed by atoms with van der Waals surface area (Å²) in [6.07, 6.45) is 4.10. The van der Waals surface area contributed by atoms with Gasteiger partial charge in [-0.3, -0.25) is 4.79 Å². The molecule has 0 saturated carbocycles. The molecule has 0 spiro atoms. The number of ketones is 1. The fraction of sp³-hybridized carbons (Fsp3) is 0.417. The van der Waals surface area contributed by atoms with E-state index in [1.54, 1.807) is 13.4 Å². The van der Waals surface area contributed by atoms with Crippen LogP contribution in [-0.2, 0) is 14.3 Å². The number of carbonyl (C=O) groups excluding carboxylic acids is 1. The van der Waals surface area contributed by atoms with Crippen LogP contribution in [0.25, 0.3) is 0 Å². The molecule has 3 heteroatoms. The van der Waals surface area contributed by atoms with E-state index in [9.17, 15) is 4.79 Å². The lowest BCUT2D eigenvalue weighted by molar-refractivity contribution is -0.111. The lowest BCUT2D eigenvalue weighted by Gasteiger charge is -2.27. The number of hydrogen-bond acceptors (Lipinski definition) is 3. The number of methoxy groups -OCH3 is 1. The molecule has 0 saturated heterocycles. The van der Waals surface area contributed by atoms with Gasteiger partial charge >= 0.3 is 0 Å². The second-order valence-electron chi connectivity index (χ2n) is 3.86. The number of rotatable bonds is 1. The van der Waals surface area contributed by atoms with Gasteiger partial charge < -0.3 is 9.47 Å². The van der Waals surface area contributed by atoms with Crippen molar-refractivity contribution in [3.63, 3.8) is 0 Å². The molecule has 1 aliphatic heterocycles. The van der Waals surface area contributed by atoms with Crippen LogP contribution in [0, 0.1) is 0 Å². The van der Waals surface area contributed by atoms with Gasteiger partial charge in [0.1, 0.15) is 5.76 Å². The van der Waals surface area contributed by atoms with Crippen LogP contribution in [-0.4, -0.2) is 19.0 Å². The minimum Gasteiger partial charge on any atom is -0.497 e. The maximum Gasteiger partial charge on any atom is 0.185 e. The van der Waals surface area contributed by atoms with E-state index in [-0.39, 0.29) is 11.9 Å². The summed E-state index contributed by atoms with van der Waals surface area (Å²) in [5.74, 6) is 0.639. The Morgan fingerprint density at radius 2 is 2.27 bits per heavy atom. The zero-order chi connectivity index (χ0) is 11.0. The summed E-state index contributed by atoms with van der Waals surface area (Å²) in [6, 6.07) is 0. The Bertz CT molecular complexity index is 399. The largest absolute Gasteiger partial charge is 0.497 e. The molecule has 1 heterocycles. The van der Waals surface area contributed by atoms with Gasteiger partial charge in [-0.05, 0) is 19.4 Å². The lowest BCUT2D eigenvalue weighted by Crippen LogP contribution is -2.20. The third-order valence-corrected chi connectivity index (χ3v) is 2.80. The Labute approximate surface area is 89.1 Å². The maximum absolute atomic E-state index is 11.6. The molecule has 0 aromatic heterocycles. The van der Waals surface area contributed by atoms with Crippen molar-refractivity contribution in [3.05, 3.63) is 34.8 Å². The van der Waals surface area contributed by atoms with Gasteiger partial charge in [0.2, 0.25) is 0 Å². The summed E-state index contributed by atoms with van der Waals surface area (Å²) in [5, 5.41) is 0. The molecule has 2 aliphatic rings. The van der Waals surface area contributed by atoms with Crippen LogP contribution in [0.15, 0.2) is 34.8 Å². The molecule has 15 heavy (non-hydrogen) atoms. The van der Waals surface area contributed by atoms with E-state index in [1.807, 2.05) is 13.8 Å². The molecule has 80 valence electrons. The number of fused-ring (bicyclic) bond motifs is 1. The monoisotopic (exact) mass is 206 g/mol. The van der Waals surface area contributed by atoms with Gasteiger partial charge in [0.15, 0.2) is 5.78 Å². The third kappa shape index (κ3) is 1.58. The van der Waals surface area contributed by atoms with Crippen molar-refractivity contribution in [3.8, 4) is 0 Å². The highest BCUT2D eigenvalue weighted by Crippen LogP contribution is 2.35. The van der Waals surface area contributed by atoms with Gasteiger partial charge in [0.25, 0.3) is 0 Å². The fourth-order valence-electron chi connectivity index (χ4n) is 1.89. The Morgan fingerprint density at radius 3 is 2.93 bits per heavy atom. The zero-order valence-corrected chi connectivity index (χ0v) is 9.16. The molecule has 0 aromatic carbocycles. The van der Waals surface area contributed by atoms with Gasteiger partial charge in [-0.1, -0.05) is 0 Å². The van der Waals surface area contributed by atoms with Crippen LogP contribution in [0.4, 0.5) is 0 Å². The van der Waals surface area contributed by atoms with Gasteiger partial charge in [0, 0.05) is 18.1 Å². The summed E-state index contributed by atoms with van der Waals surface area (Å²) in [4.78, 5) is 11.6. The predicted molar refractivity (Wildman–Crippen MR) is 56.0 cm³/mol. The number of carbonyl (C=O) groups is 1. The second-order valence-corrected chi connectivity index (χ2v) is 3.86. The number of ether oxygens (including phenoxy) is 2. The molecule has 0 aromatic rings. The average molecular weight is 206 g/mol. The highest BCUT2D eigenvalue weighted by atomic mass is 16.5. The number of hydrogen-bond donors (Lipinski definition) is 0. The zero-order valence-electron chi connectivity index (χ0n) is 9.16. The first-order chi connectivity index (χ1) is 7.13. The first-order valence-corrected chi connectivity index (χ1v) is 4.99. The van der Waals surface area contributed by atoms with E-state index >= 15 is 0 Å². The van der Waals surface area contributed by atoms with E-state index < -0.39 is 0 Å². The minimum absolute atomic E-state index is 0.0353. The molecular weight excluding hydrogens is 192 g/mol. The molecule has 0 bridgehead atoms. The van der Waals surface area contributed by atoms with Crippen molar-refractivity contribution in [2.24, 2.45) is 0 Å². The van der Waals surface area contributed by atoms with Crippen LogP contribution in [0.5, 0.6) is 0 Å². The standard InChI is InChI=1S/C12H14O3/c1-7-4-9-8(2)11(13)5-12(14-3)10(9)6-15-7/h5-7H,4H2,1-3H3/t7-/m0/s1. The molecule has 1 atom stereocenters. The second kappa shape index (κ2) is 3.57. The van der Waals surface area contributed by atoms with Crippen LogP contribution in [0.3, 0.4) is 0 Å². The lowest BCUT2D eigenvalue weighted by atomic mass is 9.87. The molecule has 0 amide bonds. The Kier molecular flexibility index (Phi) is 2.39. The van der Waals surface area contributed by atoms with Crippen molar-refractivity contribution in [1.29, 1.82) is 0 Å². The molecule has 1 aliphatic carbocycles. The van der Waals surface area contributed by atoms with Crippen molar-refractivity contribution < 1.29 is 14.3 Å². The van der Waals surface area contributed by atoms with Gasteiger partial charge in [-0.2, -0.15) is 0 Å². The van der Waals surface area contributed by atoms with E-state index in [0.29, 0.717) is 5.76 Å². The molecular formula is C12H14O3. The molecule has 0 fully saturated rings. The first kappa shape index (κ1) is 10.0. The van der Waals surface area contributed by atoms with E-state index in [0.717, 1.165) is 23.1 Å². The minimum atomic E-state index is 0.0353. The van der Waals surface area contributed by atoms with Crippen LogP contribution < -0.4 is 0 Å². The summed E-state index contributed by atoms with van der Waals surface area (Å²) < 4.78 is 10.6. The summed E-state index contributed by atoms with van der Waals surface area (Å²) in [5.41, 5.74) is 2.77. The van der Waals surface area contributed by atoms with Crippen LogP contribution in [0.2, 0.25) is 0 Å². The smallest absolute Gasteiger partial charge is 0.185 e. The van der Waals surface area contributed by atoms with Crippen molar-refractivity contribution in [2.45, 2.75) is 26.4 Å². The third-order valence-electron chi connectivity index (χ3n) is 2.80. The van der Waals surface area contributed by atoms with E-state index in [2.05, 4.69) is 0 Å². The van der Waals surface area contributed by atoms with Crippen LogP contribution >= 0.6 is 0 Å². The van der Waals surface area contributed by atoms with E-state index in [1.165, 1.54) is 6.08 Å². The Balaban J connectivity index is 2.49. The Hall–Kier alpha value is -1.51. The van der Waals surface area contributed by atoms with Crippen molar-refractivity contribution in [1.82, 2.24) is 0 Å². The quantitative estimate of drug-likeness (QED) is 0.659. The van der Waals surface area contributed by atoms with Gasteiger partial charge in [-0.15, -0.1) is 0 Å². The molecule has 0 radical (unpaired) electrons. The van der Waals surface area contributed by atoms with Crippen molar-refractivity contribution in [2.75, 3.05) is 7.11 Å². The molecule has 2 rings (SSSR count).